The molecule has 40 heavy (non-hydrogen) atoms. The van der Waals surface area contributed by atoms with Gasteiger partial charge < -0.3 is 29.7 Å². The van der Waals surface area contributed by atoms with Crippen molar-refractivity contribution in [2.75, 3.05) is 26.3 Å². The third kappa shape index (κ3) is 7.07. The summed E-state index contributed by atoms with van der Waals surface area (Å²) >= 11 is 0. The van der Waals surface area contributed by atoms with Crippen molar-refractivity contribution in [1.82, 2.24) is 4.90 Å². The molecular formula is C28H23NO11. The first-order valence-electron chi connectivity index (χ1n) is 11.7. The fraction of sp³-hybridized carbons (Fsp3) is 0.143. The Hall–Kier alpha value is -5.52. The van der Waals surface area contributed by atoms with Crippen molar-refractivity contribution < 1.29 is 53.6 Å². The van der Waals surface area contributed by atoms with E-state index in [2.05, 4.69) is 0 Å². The number of esters is 2. The second kappa shape index (κ2) is 13.3. The highest BCUT2D eigenvalue weighted by Crippen LogP contribution is 2.15. The first kappa shape index (κ1) is 29.0. The Morgan fingerprint density at radius 1 is 0.500 bits per heavy atom. The molecular weight excluding hydrogens is 526 g/mol. The molecule has 0 bridgehead atoms. The molecule has 1 amide bonds. The summed E-state index contributed by atoms with van der Waals surface area (Å²) < 4.78 is 10.3. The van der Waals surface area contributed by atoms with E-state index in [1.54, 1.807) is 0 Å². The first-order valence-corrected chi connectivity index (χ1v) is 11.7. The van der Waals surface area contributed by atoms with Crippen LogP contribution in [0.2, 0.25) is 0 Å². The molecule has 0 saturated heterocycles. The number of benzene rings is 3. The van der Waals surface area contributed by atoms with E-state index in [4.69, 9.17) is 9.47 Å². The van der Waals surface area contributed by atoms with Crippen molar-refractivity contribution in [3.63, 3.8) is 0 Å². The van der Waals surface area contributed by atoms with Gasteiger partial charge in [-0.1, -0.05) is 36.4 Å². The summed E-state index contributed by atoms with van der Waals surface area (Å²) in [4.78, 5) is 73.8. The van der Waals surface area contributed by atoms with Crippen LogP contribution in [-0.4, -0.2) is 82.3 Å². The number of nitrogens with zero attached hydrogens (tertiary/aromatic N) is 1. The quantitative estimate of drug-likeness (QED) is 0.282. The SMILES string of the molecule is O=C(O)c1ccccc1C(=O)OCCN(CCOC(=O)c1ccccc1C(=O)O)C(=O)c1ccccc1C(=O)O. The highest BCUT2D eigenvalue weighted by molar-refractivity contribution is 6.05. The number of carboxylic acid groups (broad SMARTS) is 3. The van der Waals surface area contributed by atoms with E-state index in [0.717, 1.165) is 4.90 Å². The molecule has 0 radical (unpaired) electrons. The second-order valence-electron chi connectivity index (χ2n) is 8.12. The van der Waals surface area contributed by atoms with Crippen LogP contribution in [0.15, 0.2) is 72.8 Å². The second-order valence-corrected chi connectivity index (χ2v) is 8.12. The van der Waals surface area contributed by atoms with Crippen molar-refractivity contribution in [1.29, 1.82) is 0 Å². The van der Waals surface area contributed by atoms with E-state index in [9.17, 15) is 44.1 Å². The summed E-state index contributed by atoms with van der Waals surface area (Å²) in [5.41, 5.74) is -1.39. The number of rotatable bonds is 12. The lowest BCUT2D eigenvalue weighted by Gasteiger charge is -2.23. The van der Waals surface area contributed by atoms with Gasteiger partial charge >= 0.3 is 29.8 Å². The van der Waals surface area contributed by atoms with Crippen LogP contribution < -0.4 is 0 Å². The molecule has 3 aromatic rings. The molecule has 0 aliphatic rings. The number of amides is 1. The molecule has 206 valence electrons. The maximum Gasteiger partial charge on any atom is 0.339 e. The summed E-state index contributed by atoms with van der Waals surface area (Å²) in [6, 6.07) is 16.2. The lowest BCUT2D eigenvalue weighted by molar-refractivity contribution is 0.0356. The number of hydrogen-bond acceptors (Lipinski definition) is 8. The Labute approximate surface area is 227 Å². The Balaban J connectivity index is 1.75. The predicted molar refractivity (Wildman–Crippen MR) is 137 cm³/mol. The standard InChI is InChI=1S/C28H23NO11/c30-23(17-7-1-2-8-18(17)24(31)32)29(13-15-39-27(37)21-11-5-3-9-19(21)25(33)34)14-16-40-28(38)22-12-6-4-10-20(22)26(35)36/h1-12H,13-16H2,(H,31,32)(H,33,34)(H,35,36). The van der Waals surface area contributed by atoms with Gasteiger partial charge in [-0.25, -0.2) is 24.0 Å². The largest absolute Gasteiger partial charge is 0.478 e. The number of carbonyl (C=O) groups is 6. The third-order valence-electron chi connectivity index (χ3n) is 5.62. The van der Waals surface area contributed by atoms with Gasteiger partial charge in [-0.05, 0) is 36.4 Å². The Bertz CT molecular complexity index is 1390. The van der Waals surface area contributed by atoms with Crippen LogP contribution in [0.5, 0.6) is 0 Å². The number of hydrogen-bond donors (Lipinski definition) is 3. The van der Waals surface area contributed by atoms with E-state index < -0.39 is 49.0 Å². The van der Waals surface area contributed by atoms with Crippen LogP contribution in [0, 0.1) is 0 Å². The zero-order valence-electron chi connectivity index (χ0n) is 20.8. The topological polar surface area (TPSA) is 185 Å². The summed E-state index contributed by atoms with van der Waals surface area (Å²) in [7, 11) is 0. The Morgan fingerprint density at radius 3 is 1.15 bits per heavy atom. The summed E-state index contributed by atoms with van der Waals surface area (Å²) in [6.07, 6.45) is 0. The van der Waals surface area contributed by atoms with E-state index in [0.29, 0.717) is 0 Å². The van der Waals surface area contributed by atoms with Crippen molar-refractivity contribution in [2.45, 2.75) is 0 Å². The van der Waals surface area contributed by atoms with Gasteiger partial charge in [0.05, 0.1) is 46.5 Å². The fourth-order valence-electron chi connectivity index (χ4n) is 3.69. The number of ether oxygens (including phenoxy) is 2. The smallest absolute Gasteiger partial charge is 0.339 e. The third-order valence-corrected chi connectivity index (χ3v) is 5.62. The Morgan fingerprint density at radius 2 is 0.800 bits per heavy atom. The van der Waals surface area contributed by atoms with E-state index in [-0.39, 0.29) is 46.5 Å². The molecule has 3 aromatic carbocycles. The summed E-state index contributed by atoms with van der Waals surface area (Å²) in [5.74, 6) is -6.68. The van der Waals surface area contributed by atoms with Crippen LogP contribution in [0.1, 0.15) is 62.1 Å². The van der Waals surface area contributed by atoms with Gasteiger partial charge in [0.2, 0.25) is 0 Å². The van der Waals surface area contributed by atoms with Crippen LogP contribution in [-0.2, 0) is 9.47 Å². The van der Waals surface area contributed by atoms with Gasteiger partial charge in [0.15, 0.2) is 0 Å². The molecule has 0 spiro atoms. The molecule has 0 aromatic heterocycles. The monoisotopic (exact) mass is 549 g/mol. The van der Waals surface area contributed by atoms with Gasteiger partial charge in [0.25, 0.3) is 5.91 Å². The molecule has 12 heteroatoms. The van der Waals surface area contributed by atoms with Gasteiger partial charge in [-0.2, -0.15) is 0 Å². The molecule has 0 fully saturated rings. The van der Waals surface area contributed by atoms with Crippen LogP contribution in [0.4, 0.5) is 0 Å². The van der Waals surface area contributed by atoms with E-state index in [1.165, 1.54) is 72.8 Å². The number of carbonyl (C=O) groups excluding carboxylic acids is 3. The zero-order chi connectivity index (χ0) is 29.2. The minimum absolute atomic E-state index is 0.167. The Kier molecular flexibility index (Phi) is 9.68. The minimum atomic E-state index is -1.35. The lowest BCUT2D eigenvalue weighted by Crippen LogP contribution is -2.38. The van der Waals surface area contributed by atoms with Gasteiger partial charge in [-0.15, -0.1) is 0 Å². The average Bonchev–Trinajstić information content (AvgIpc) is 2.95. The number of aromatic carboxylic acids is 3. The minimum Gasteiger partial charge on any atom is -0.478 e. The molecule has 0 saturated carbocycles. The van der Waals surface area contributed by atoms with E-state index >= 15 is 0 Å². The van der Waals surface area contributed by atoms with Crippen LogP contribution in [0.25, 0.3) is 0 Å². The van der Waals surface area contributed by atoms with Crippen LogP contribution in [0.3, 0.4) is 0 Å². The lowest BCUT2D eigenvalue weighted by atomic mass is 10.1. The normalized spacial score (nSPS) is 10.3. The molecule has 0 aliphatic carbocycles. The molecule has 0 heterocycles. The van der Waals surface area contributed by atoms with Crippen molar-refractivity contribution in [3.8, 4) is 0 Å². The van der Waals surface area contributed by atoms with E-state index in [1.807, 2.05) is 0 Å². The van der Waals surface area contributed by atoms with Crippen molar-refractivity contribution in [3.05, 3.63) is 106 Å². The molecule has 12 nitrogen and oxygen atoms in total. The maximum atomic E-state index is 13.3. The molecule has 0 atom stereocenters. The first-order chi connectivity index (χ1) is 19.1. The summed E-state index contributed by atoms with van der Waals surface area (Å²) in [5, 5.41) is 28.1. The fourth-order valence-corrected chi connectivity index (χ4v) is 3.69. The predicted octanol–water partition coefficient (Wildman–Crippen LogP) is 2.94. The summed E-state index contributed by atoms with van der Waals surface area (Å²) in [6.45, 7) is -1.33. The molecule has 0 aliphatic heterocycles. The maximum absolute atomic E-state index is 13.3. The zero-order valence-corrected chi connectivity index (χ0v) is 20.8. The average molecular weight is 549 g/mol. The molecule has 3 rings (SSSR count). The van der Waals surface area contributed by atoms with Crippen molar-refractivity contribution in [2.24, 2.45) is 0 Å². The van der Waals surface area contributed by atoms with Gasteiger partial charge in [0, 0.05) is 0 Å². The van der Waals surface area contributed by atoms with Gasteiger partial charge in [-0.3, -0.25) is 4.79 Å². The molecule has 0 unspecified atom stereocenters. The van der Waals surface area contributed by atoms with Gasteiger partial charge in [0.1, 0.15) is 13.2 Å². The van der Waals surface area contributed by atoms with Crippen LogP contribution >= 0.6 is 0 Å². The number of carboxylic acids is 3. The van der Waals surface area contributed by atoms with Crippen molar-refractivity contribution >= 4 is 35.8 Å². The molecule has 3 N–H and O–H groups in total. The highest BCUT2D eigenvalue weighted by atomic mass is 16.5. The highest BCUT2D eigenvalue weighted by Gasteiger charge is 2.24.